The van der Waals surface area contributed by atoms with Crippen molar-refractivity contribution in [3.8, 4) is 0 Å². The Bertz CT molecular complexity index is 355. The van der Waals surface area contributed by atoms with Gasteiger partial charge in [0.2, 0.25) is 0 Å². The molecule has 1 aromatic carbocycles. The van der Waals surface area contributed by atoms with Gasteiger partial charge in [-0.25, -0.2) is 10.2 Å². The summed E-state index contributed by atoms with van der Waals surface area (Å²) in [5.41, 5.74) is 9.19. The minimum absolute atomic E-state index is 0.514. The predicted octanol–water partition coefficient (Wildman–Crippen LogP) is 1.81. The van der Waals surface area contributed by atoms with Gasteiger partial charge in [0.15, 0.2) is 0 Å². The average molecular weight is 205 g/mol. The van der Waals surface area contributed by atoms with Gasteiger partial charge in [0, 0.05) is 0 Å². The van der Waals surface area contributed by atoms with Crippen LogP contribution in [0.5, 0.6) is 0 Å². The van der Waals surface area contributed by atoms with Crippen LogP contribution in [0.15, 0.2) is 29.4 Å². The van der Waals surface area contributed by atoms with E-state index >= 15 is 0 Å². The van der Waals surface area contributed by atoms with Crippen molar-refractivity contribution in [2.75, 3.05) is 0 Å². The summed E-state index contributed by atoms with van der Waals surface area (Å²) in [5.74, 6) is 0.514. The number of hydrazone groups is 1. The summed E-state index contributed by atoms with van der Waals surface area (Å²) in [6.07, 6.45) is 1.55. The SMILES string of the molecule is CC(C)c1ccc(C=NNC(N)=O)cc1. The maximum absolute atomic E-state index is 10.3. The van der Waals surface area contributed by atoms with Crippen LogP contribution in [0.25, 0.3) is 0 Å². The molecule has 0 aliphatic carbocycles. The third-order valence-electron chi connectivity index (χ3n) is 1.99. The van der Waals surface area contributed by atoms with Crippen LogP contribution in [0, 0.1) is 0 Å². The maximum Gasteiger partial charge on any atom is 0.332 e. The molecule has 4 heteroatoms. The number of carbonyl (C=O) groups excluding carboxylic acids is 1. The number of nitrogens with one attached hydrogen (secondary N) is 1. The quantitative estimate of drug-likeness (QED) is 0.573. The molecular weight excluding hydrogens is 190 g/mol. The number of nitrogens with zero attached hydrogens (tertiary/aromatic N) is 1. The lowest BCUT2D eigenvalue weighted by molar-refractivity contribution is 0.249. The highest BCUT2D eigenvalue weighted by atomic mass is 16.2. The van der Waals surface area contributed by atoms with Crippen molar-refractivity contribution in [1.82, 2.24) is 5.43 Å². The summed E-state index contributed by atoms with van der Waals surface area (Å²) in [6.45, 7) is 4.27. The number of nitrogens with two attached hydrogens (primary N) is 1. The Morgan fingerprint density at radius 3 is 2.47 bits per heavy atom. The van der Waals surface area contributed by atoms with E-state index in [0.29, 0.717) is 5.92 Å². The Balaban J connectivity index is 2.64. The highest BCUT2D eigenvalue weighted by Crippen LogP contribution is 2.13. The molecule has 80 valence electrons. The minimum Gasteiger partial charge on any atom is -0.350 e. The van der Waals surface area contributed by atoms with Gasteiger partial charge >= 0.3 is 6.03 Å². The van der Waals surface area contributed by atoms with E-state index in [-0.39, 0.29) is 0 Å². The summed E-state index contributed by atoms with van der Waals surface area (Å²) in [5, 5.41) is 3.67. The van der Waals surface area contributed by atoms with E-state index in [4.69, 9.17) is 5.73 Å². The van der Waals surface area contributed by atoms with Gasteiger partial charge in [-0.3, -0.25) is 0 Å². The second kappa shape index (κ2) is 5.14. The zero-order chi connectivity index (χ0) is 11.3. The first kappa shape index (κ1) is 11.2. The van der Waals surface area contributed by atoms with Crippen molar-refractivity contribution < 1.29 is 4.79 Å². The minimum atomic E-state index is -0.662. The molecule has 0 aromatic heterocycles. The van der Waals surface area contributed by atoms with E-state index in [9.17, 15) is 4.79 Å². The molecule has 1 aromatic rings. The Hall–Kier alpha value is -1.84. The summed E-state index contributed by atoms with van der Waals surface area (Å²) in [4.78, 5) is 10.3. The molecule has 0 saturated heterocycles. The first-order valence-electron chi connectivity index (χ1n) is 4.78. The highest BCUT2D eigenvalue weighted by molar-refractivity contribution is 5.81. The second-order valence-corrected chi connectivity index (χ2v) is 3.56. The molecule has 1 rings (SSSR count). The molecule has 0 spiro atoms. The van der Waals surface area contributed by atoms with Crippen molar-refractivity contribution in [1.29, 1.82) is 0 Å². The number of benzene rings is 1. The van der Waals surface area contributed by atoms with Crippen molar-refractivity contribution in [2.45, 2.75) is 19.8 Å². The summed E-state index contributed by atoms with van der Waals surface area (Å²) in [7, 11) is 0. The topological polar surface area (TPSA) is 67.5 Å². The molecule has 0 unspecified atom stereocenters. The van der Waals surface area contributed by atoms with Gasteiger partial charge in [-0.1, -0.05) is 38.1 Å². The Labute approximate surface area is 89.2 Å². The van der Waals surface area contributed by atoms with E-state index in [1.165, 1.54) is 5.56 Å². The molecule has 0 aliphatic rings. The van der Waals surface area contributed by atoms with Crippen molar-refractivity contribution in [3.05, 3.63) is 35.4 Å². The summed E-state index contributed by atoms with van der Waals surface area (Å²) >= 11 is 0. The first-order chi connectivity index (χ1) is 7.09. The van der Waals surface area contributed by atoms with Crippen LogP contribution in [0.4, 0.5) is 4.79 Å². The van der Waals surface area contributed by atoms with Crippen molar-refractivity contribution in [3.63, 3.8) is 0 Å². The Morgan fingerprint density at radius 2 is 2.00 bits per heavy atom. The van der Waals surface area contributed by atoms with Crippen LogP contribution >= 0.6 is 0 Å². The number of urea groups is 1. The molecule has 3 N–H and O–H groups in total. The Morgan fingerprint density at radius 1 is 1.40 bits per heavy atom. The largest absolute Gasteiger partial charge is 0.350 e. The number of primary amides is 1. The molecule has 0 bridgehead atoms. The molecule has 0 aliphatic heterocycles. The first-order valence-corrected chi connectivity index (χ1v) is 4.78. The van der Waals surface area contributed by atoms with Gasteiger partial charge < -0.3 is 5.73 Å². The van der Waals surface area contributed by atoms with Crippen LogP contribution in [0.1, 0.15) is 30.9 Å². The number of hydrogen-bond donors (Lipinski definition) is 2. The normalized spacial score (nSPS) is 10.9. The van der Waals surface area contributed by atoms with Gasteiger partial charge in [-0.05, 0) is 17.0 Å². The molecular formula is C11H15N3O. The number of rotatable bonds is 3. The fourth-order valence-corrected chi connectivity index (χ4v) is 1.14. The molecule has 0 saturated carbocycles. The molecule has 4 nitrogen and oxygen atoms in total. The van der Waals surface area contributed by atoms with Gasteiger partial charge in [0.05, 0.1) is 6.21 Å². The van der Waals surface area contributed by atoms with E-state index < -0.39 is 6.03 Å². The van der Waals surface area contributed by atoms with E-state index in [0.717, 1.165) is 5.56 Å². The van der Waals surface area contributed by atoms with E-state index in [2.05, 4.69) is 24.4 Å². The van der Waals surface area contributed by atoms with E-state index in [1.807, 2.05) is 24.3 Å². The molecule has 0 fully saturated rings. The van der Waals surface area contributed by atoms with Gasteiger partial charge in [0.1, 0.15) is 0 Å². The number of carbonyl (C=O) groups is 1. The van der Waals surface area contributed by atoms with Crippen LogP contribution in [-0.2, 0) is 0 Å². The zero-order valence-electron chi connectivity index (χ0n) is 8.90. The highest BCUT2D eigenvalue weighted by Gasteiger charge is 1.97. The van der Waals surface area contributed by atoms with Gasteiger partial charge in [0.25, 0.3) is 0 Å². The summed E-state index contributed by atoms with van der Waals surface area (Å²) in [6, 6.07) is 7.31. The molecule has 0 radical (unpaired) electrons. The monoisotopic (exact) mass is 205 g/mol. The lowest BCUT2D eigenvalue weighted by Gasteiger charge is -2.04. The smallest absolute Gasteiger partial charge is 0.332 e. The number of hydrogen-bond acceptors (Lipinski definition) is 2. The molecule has 15 heavy (non-hydrogen) atoms. The van der Waals surface area contributed by atoms with Crippen molar-refractivity contribution >= 4 is 12.2 Å². The number of amides is 2. The standard InChI is InChI=1S/C11H15N3O/c1-8(2)10-5-3-9(4-6-10)7-13-14-11(12)15/h3-8H,1-2H3,(H3,12,14,15). The van der Waals surface area contributed by atoms with Crippen LogP contribution in [0.2, 0.25) is 0 Å². The lowest BCUT2D eigenvalue weighted by atomic mass is 10.0. The van der Waals surface area contributed by atoms with Gasteiger partial charge in [-0.15, -0.1) is 0 Å². The molecule has 2 amide bonds. The van der Waals surface area contributed by atoms with Crippen LogP contribution in [-0.4, -0.2) is 12.2 Å². The average Bonchev–Trinajstić information content (AvgIpc) is 2.18. The fourth-order valence-electron chi connectivity index (χ4n) is 1.14. The fraction of sp³-hybridized carbons (Fsp3) is 0.273. The lowest BCUT2D eigenvalue weighted by Crippen LogP contribution is -2.24. The van der Waals surface area contributed by atoms with Crippen LogP contribution in [0.3, 0.4) is 0 Å². The maximum atomic E-state index is 10.3. The molecule has 0 heterocycles. The van der Waals surface area contributed by atoms with Crippen LogP contribution < -0.4 is 11.2 Å². The predicted molar refractivity (Wildman–Crippen MR) is 60.8 cm³/mol. The summed E-state index contributed by atoms with van der Waals surface area (Å²) < 4.78 is 0. The van der Waals surface area contributed by atoms with E-state index in [1.54, 1.807) is 6.21 Å². The molecule has 0 atom stereocenters. The second-order valence-electron chi connectivity index (χ2n) is 3.56. The zero-order valence-corrected chi connectivity index (χ0v) is 8.90. The third-order valence-corrected chi connectivity index (χ3v) is 1.99. The van der Waals surface area contributed by atoms with Gasteiger partial charge in [-0.2, -0.15) is 5.10 Å². The van der Waals surface area contributed by atoms with Crippen molar-refractivity contribution in [2.24, 2.45) is 10.8 Å². The third kappa shape index (κ3) is 3.81. The Kier molecular flexibility index (Phi) is 3.85.